The van der Waals surface area contributed by atoms with Crippen molar-refractivity contribution in [2.24, 2.45) is 5.92 Å². The van der Waals surface area contributed by atoms with Gasteiger partial charge in [-0.15, -0.1) is 0 Å². The molecule has 2 aliphatic heterocycles. The molecule has 0 aromatic rings. The summed E-state index contributed by atoms with van der Waals surface area (Å²) in [5, 5.41) is 9.26. The van der Waals surface area contributed by atoms with Gasteiger partial charge in [0, 0.05) is 25.7 Å². The van der Waals surface area contributed by atoms with Crippen molar-refractivity contribution in [2.45, 2.75) is 44.6 Å². The van der Waals surface area contributed by atoms with Gasteiger partial charge in [-0.3, -0.25) is 4.79 Å². The van der Waals surface area contributed by atoms with Crippen LogP contribution in [0, 0.1) is 5.92 Å². The van der Waals surface area contributed by atoms with Crippen LogP contribution in [-0.4, -0.2) is 47.7 Å². The third-order valence-electron chi connectivity index (χ3n) is 3.89. The number of carbonyl (C=O) groups is 2. The number of hydrogen-bond acceptors (Lipinski definition) is 3. The van der Waals surface area contributed by atoms with E-state index in [1.54, 1.807) is 4.90 Å². The van der Waals surface area contributed by atoms with Crippen molar-refractivity contribution < 1.29 is 19.4 Å². The smallest absolute Gasteiger partial charge is 0.326 e. The number of likely N-dealkylation sites (tertiary alicyclic amines) is 1. The number of carboxylic acid groups (broad SMARTS) is 1. The molecule has 102 valence electrons. The molecule has 2 heterocycles. The molecule has 2 saturated heterocycles. The number of rotatable bonds is 2. The maximum absolute atomic E-state index is 12.4. The molecule has 0 aromatic heterocycles. The lowest BCUT2D eigenvalue weighted by molar-refractivity contribution is -0.153. The summed E-state index contributed by atoms with van der Waals surface area (Å²) in [6, 6.07) is -0.622. The third-order valence-corrected chi connectivity index (χ3v) is 3.89. The van der Waals surface area contributed by atoms with Crippen LogP contribution in [0.25, 0.3) is 0 Å². The van der Waals surface area contributed by atoms with Gasteiger partial charge in [0.05, 0.1) is 0 Å². The molecule has 0 radical (unpaired) electrons. The van der Waals surface area contributed by atoms with Gasteiger partial charge in [0.1, 0.15) is 6.04 Å². The van der Waals surface area contributed by atoms with Crippen molar-refractivity contribution in [3.05, 3.63) is 0 Å². The topological polar surface area (TPSA) is 66.8 Å². The van der Waals surface area contributed by atoms with Gasteiger partial charge in [-0.25, -0.2) is 4.79 Å². The molecule has 0 bridgehead atoms. The first-order valence-electron chi connectivity index (χ1n) is 6.81. The van der Waals surface area contributed by atoms with Gasteiger partial charge in [0.15, 0.2) is 0 Å². The van der Waals surface area contributed by atoms with Crippen molar-refractivity contribution >= 4 is 11.9 Å². The molecule has 1 N–H and O–H groups in total. The van der Waals surface area contributed by atoms with Crippen LogP contribution in [-0.2, 0) is 14.3 Å². The quantitative estimate of drug-likeness (QED) is 0.807. The molecule has 0 saturated carbocycles. The Balaban J connectivity index is 2.06. The molecule has 1 unspecified atom stereocenters. The molecule has 5 heteroatoms. The number of ether oxygens (including phenoxy) is 1. The van der Waals surface area contributed by atoms with Gasteiger partial charge in [-0.05, 0) is 25.7 Å². The minimum atomic E-state index is -0.864. The van der Waals surface area contributed by atoms with Crippen molar-refractivity contribution in [1.82, 2.24) is 4.90 Å². The number of hydrogen-bond donors (Lipinski definition) is 1. The Bertz CT molecular complexity index is 312. The molecule has 1 amide bonds. The second kappa shape index (κ2) is 6.18. The van der Waals surface area contributed by atoms with Crippen LogP contribution in [0.3, 0.4) is 0 Å². The Morgan fingerprint density at radius 1 is 1.06 bits per heavy atom. The van der Waals surface area contributed by atoms with Gasteiger partial charge in [-0.1, -0.05) is 12.8 Å². The zero-order chi connectivity index (χ0) is 13.0. The van der Waals surface area contributed by atoms with Crippen LogP contribution in [0.1, 0.15) is 38.5 Å². The molecule has 1 atom stereocenters. The summed E-state index contributed by atoms with van der Waals surface area (Å²) in [6.45, 7) is 1.82. The van der Waals surface area contributed by atoms with Crippen LogP contribution in [0.15, 0.2) is 0 Å². The maximum atomic E-state index is 12.4. The predicted molar refractivity (Wildman–Crippen MR) is 65.1 cm³/mol. The Hall–Kier alpha value is -1.10. The van der Waals surface area contributed by atoms with E-state index in [-0.39, 0.29) is 11.8 Å². The summed E-state index contributed by atoms with van der Waals surface area (Å²) < 4.78 is 5.25. The minimum absolute atomic E-state index is 0.0209. The SMILES string of the molecule is O=C(O)C1CCCCCN1C(=O)C1CCOCC1. The van der Waals surface area contributed by atoms with Crippen LogP contribution in [0.5, 0.6) is 0 Å². The predicted octanol–water partition coefficient (Wildman–Crippen LogP) is 1.27. The Morgan fingerprint density at radius 2 is 1.78 bits per heavy atom. The van der Waals surface area contributed by atoms with Crippen LogP contribution >= 0.6 is 0 Å². The standard InChI is InChI=1S/C13H21NO4/c15-12(10-5-8-18-9-6-10)14-7-3-1-2-4-11(14)13(16)17/h10-11H,1-9H2,(H,16,17). The molecular weight excluding hydrogens is 234 g/mol. The molecule has 0 aromatic carbocycles. The lowest BCUT2D eigenvalue weighted by Gasteiger charge is -2.32. The van der Waals surface area contributed by atoms with Gasteiger partial charge in [0.2, 0.25) is 5.91 Å². The molecule has 18 heavy (non-hydrogen) atoms. The first-order valence-corrected chi connectivity index (χ1v) is 6.81. The van der Waals surface area contributed by atoms with Crippen molar-refractivity contribution in [3.8, 4) is 0 Å². The van der Waals surface area contributed by atoms with Crippen molar-refractivity contribution in [1.29, 1.82) is 0 Å². The zero-order valence-corrected chi connectivity index (χ0v) is 10.6. The van der Waals surface area contributed by atoms with E-state index in [1.165, 1.54) is 0 Å². The van der Waals surface area contributed by atoms with E-state index in [2.05, 4.69) is 0 Å². The van der Waals surface area contributed by atoms with E-state index < -0.39 is 12.0 Å². The molecule has 2 rings (SSSR count). The number of amides is 1. The Kier molecular flexibility index (Phi) is 4.58. The highest BCUT2D eigenvalue weighted by Gasteiger charge is 2.34. The van der Waals surface area contributed by atoms with Gasteiger partial charge in [0.25, 0.3) is 0 Å². The number of aliphatic carboxylic acids is 1. The van der Waals surface area contributed by atoms with Crippen molar-refractivity contribution in [3.63, 3.8) is 0 Å². The van der Waals surface area contributed by atoms with Gasteiger partial charge in [-0.2, -0.15) is 0 Å². The van der Waals surface area contributed by atoms with E-state index >= 15 is 0 Å². The summed E-state index contributed by atoms with van der Waals surface area (Å²) in [6.07, 6.45) is 4.86. The molecule has 5 nitrogen and oxygen atoms in total. The largest absolute Gasteiger partial charge is 0.480 e. The Morgan fingerprint density at radius 3 is 2.44 bits per heavy atom. The highest BCUT2D eigenvalue weighted by molar-refractivity contribution is 5.85. The van der Waals surface area contributed by atoms with Gasteiger partial charge < -0.3 is 14.7 Å². The second-order valence-corrected chi connectivity index (χ2v) is 5.12. The fraction of sp³-hybridized carbons (Fsp3) is 0.846. The van der Waals surface area contributed by atoms with E-state index in [0.29, 0.717) is 26.2 Å². The number of nitrogens with zero attached hydrogens (tertiary/aromatic N) is 1. The molecule has 0 spiro atoms. The van der Waals surface area contributed by atoms with E-state index in [1.807, 2.05) is 0 Å². The fourth-order valence-electron chi connectivity index (χ4n) is 2.81. The highest BCUT2D eigenvalue weighted by Crippen LogP contribution is 2.23. The number of carbonyl (C=O) groups excluding carboxylic acids is 1. The monoisotopic (exact) mass is 255 g/mol. The van der Waals surface area contributed by atoms with E-state index in [4.69, 9.17) is 4.74 Å². The maximum Gasteiger partial charge on any atom is 0.326 e. The average molecular weight is 255 g/mol. The summed E-state index contributed by atoms with van der Waals surface area (Å²) in [5.74, 6) is -0.886. The van der Waals surface area contributed by atoms with E-state index in [0.717, 1.165) is 32.1 Å². The summed E-state index contributed by atoms with van der Waals surface area (Å²) in [4.78, 5) is 25.3. The zero-order valence-electron chi connectivity index (χ0n) is 10.6. The minimum Gasteiger partial charge on any atom is -0.480 e. The second-order valence-electron chi connectivity index (χ2n) is 5.12. The van der Waals surface area contributed by atoms with Crippen LogP contribution in [0.2, 0.25) is 0 Å². The molecule has 2 fully saturated rings. The van der Waals surface area contributed by atoms with E-state index in [9.17, 15) is 14.7 Å². The normalized spacial score (nSPS) is 26.7. The Labute approximate surface area is 107 Å². The summed E-state index contributed by atoms with van der Waals surface area (Å²) in [5.41, 5.74) is 0. The first-order chi connectivity index (χ1) is 8.70. The fourth-order valence-corrected chi connectivity index (χ4v) is 2.81. The lowest BCUT2D eigenvalue weighted by atomic mass is 9.97. The third kappa shape index (κ3) is 3.02. The van der Waals surface area contributed by atoms with Crippen LogP contribution < -0.4 is 0 Å². The lowest BCUT2D eigenvalue weighted by Crippen LogP contribution is -2.48. The highest BCUT2D eigenvalue weighted by atomic mass is 16.5. The first kappa shape index (κ1) is 13.3. The molecular formula is C13H21NO4. The average Bonchev–Trinajstić information content (AvgIpc) is 2.64. The molecule has 2 aliphatic rings. The van der Waals surface area contributed by atoms with Crippen molar-refractivity contribution in [2.75, 3.05) is 19.8 Å². The number of carboxylic acids is 1. The molecule has 0 aliphatic carbocycles. The van der Waals surface area contributed by atoms with Gasteiger partial charge >= 0.3 is 5.97 Å². The summed E-state index contributed by atoms with van der Waals surface area (Å²) in [7, 11) is 0. The summed E-state index contributed by atoms with van der Waals surface area (Å²) >= 11 is 0. The van der Waals surface area contributed by atoms with Crippen LogP contribution in [0.4, 0.5) is 0 Å².